The highest BCUT2D eigenvalue weighted by Gasteiger charge is 2.14. The second kappa shape index (κ2) is 6.51. The molecule has 1 saturated heterocycles. The van der Waals surface area contributed by atoms with E-state index >= 15 is 0 Å². The van der Waals surface area contributed by atoms with Crippen molar-refractivity contribution in [1.82, 2.24) is 15.1 Å². The van der Waals surface area contributed by atoms with Crippen LogP contribution in [0.15, 0.2) is 16.9 Å². The minimum Gasteiger partial charge on any atom is -0.480 e. The van der Waals surface area contributed by atoms with E-state index in [0.29, 0.717) is 25.1 Å². The summed E-state index contributed by atoms with van der Waals surface area (Å²) in [5.74, 6) is 0.453. The fraction of sp³-hybridized carbons (Fsp3) is 0.667. The highest BCUT2D eigenvalue weighted by molar-refractivity contribution is 5.05. The van der Waals surface area contributed by atoms with Crippen LogP contribution >= 0.6 is 0 Å². The third kappa shape index (κ3) is 3.54. The topological polar surface area (TPSA) is 65.4 Å². The normalized spacial score (nSPS) is 19.1. The van der Waals surface area contributed by atoms with Crippen molar-refractivity contribution >= 4 is 0 Å². The lowest BCUT2D eigenvalue weighted by atomic mass is 10.2. The third-order valence-corrected chi connectivity index (χ3v) is 2.95. The Morgan fingerprint density at radius 1 is 1.61 bits per heavy atom. The molecule has 18 heavy (non-hydrogen) atoms. The van der Waals surface area contributed by atoms with Gasteiger partial charge in [-0.1, -0.05) is 0 Å². The van der Waals surface area contributed by atoms with E-state index in [4.69, 9.17) is 9.47 Å². The molecule has 1 aromatic rings. The van der Waals surface area contributed by atoms with Crippen LogP contribution in [0.2, 0.25) is 0 Å². The molecule has 0 radical (unpaired) electrons. The Hall–Kier alpha value is -1.40. The molecular formula is C12H19N3O3. The van der Waals surface area contributed by atoms with Crippen molar-refractivity contribution in [1.29, 1.82) is 0 Å². The van der Waals surface area contributed by atoms with Gasteiger partial charge in [-0.2, -0.15) is 0 Å². The van der Waals surface area contributed by atoms with E-state index in [1.165, 1.54) is 17.9 Å². The molecule has 0 aromatic carbocycles. The van der Waals surface area contributed by atoms with E-state index in [9.17, 15) is 4.79 Å². The van der Waals surface area contributed by atoms with Crippen molar-refractivity contribution in [2.45, 2.75) is 25.5 Å². The maximum absolute atomic E-state index is 11.5. The van der Waals surface area contributed by atoms with Crippen molar-refractivity contribution in [2.24, 2.45) is 0 Å². The van der Waals surface area contributed by atoms with Gasteiger partial charge in [0.15, 0.2) is 0 Å². The third-order valence-electron chi connectivity index (χ3n) is 2.95. The van der Waals surface area contributed by atoms with E-state index in [1.54, 1.807) is 6.07 Å². The maximum Gasteiger partial charge on any atom is 0.267 e. The van der Waals surface area contributed by atoms with E-state index in [0.717, 1.165) is 26.0 Å². The SMILES string of the molecule is COc1ccc(=O)n(CCNCC2CCCO2)n1. The number of nitrogens with zero attached hydrogens (tertiary/aromatic N) is 2. The van der Waals surface area contributed by atoms with Crippen LogP contribution in [-0.2, 0) is 11.3 Å². The van der Waals surface area contributed by atoms with Crippen molar-refractivity contribution in [3.63, 3.8) is 0 Å². The monoisotopic (exact) mass is 253 g/mol. The molecule has 0 aliphatic carbocycles. The first-order valence-electron chi connectivity index (χ1n) is 6.24. The fourth-order valence-electron chi connectivity index (χ4n) is 1.95. The molecule has 6 heteroatoms. The van der Waals surface area contributed by atoms with Crippen LogP contribution in [0.3, 0.4) is 0 Å². The van der Waals surface area contributed by atoms with Gasteiger partial charge in [-0.05, 0) is 12.8 Å². The van der Waals surface area contributed by atoms with Crippen molar-refractivity contribution in [3.8, 4) is 5.88 Å². The van der Waals surface area contributed by atoms with Gasteiger partial charge >= 0.3 is 0 Å². The Morgan fingerprint density at radius 2 is 2.50 bits per heavy atom. The van der Waals surface area contributed by atoms with Gasteiger partial charge in [-0.25, -0.2) is 4.68 Å². The molecule has 1 atom stereocenters. The molecule has 1 unspecified atom stereocenters. The summed E-state index contributed by atoms with van der Waals surface area (Å²) in [6.45, 7) is 2.92. The molecule has 1 aliphatic rings. The summed E-state index contributed by atoms with van der Waals surface area (Å²) in [5.41, 5.74) is -0.116. The first-order chi connectivity index (χ1) is 8.79. The molecule has 1 fully saturated rings. The van der Waals surface area contributed by atoms with Crippen LogP contribution in [0.25, 0.3) is 0 Å². The molecule has 0 saturated carbocycles. The number of hydrogen-bond acceptors (Lipinski definition) is 5. The quantitative estimate of drug-likeness (QED) is 0.724. The number of methoxy groups -OCH3 is 1. The molecule has 0 amide bonds. The van der Waals surface area contributed by atoms with Crippen LogP contribution < -0.4 is 15.6 Å². The Bertz CT molecular complexity index is 427. The van der Waals surface area contributed by atoms with Crippen LogP contribution in [0, 0.1) is 0 Å². The highest BCUT2D eigenvalue weighted by Crippen LogP contribution is 2.10. The summed E-state index contributed by atoms with van der Waals surface area (Å²) in [7, 11) is 1.53. The molecule has 0 spiro atoms. The molecule has 6 nitrogen and oxygen atoms in total. The van der Waals surface area contributed by atoms with Gasteiger partial charge in [0, 0.05) is 31.8 Å². The van der Waals surface area contributed by atoms with E-state index in [-0.39, 0.29) is 5.56 Å². The highest BCUT2D eigenvalue weighted by atomic mass is 16.5. The summed E-state index contributed by atoms with van der Waals surface area (Å²) in [4.78, 5) is 11.5. The van der Waals surface area contributed by atoms with Crippen molar-refractivity contribution in [3.05, 3.63) is 22.5 Å². The molecule has 1 aliphatic heterocycles. The summed E-state index contributed by atoms with van der Waals surface area (Å²) in [6, 6.07) is 3.03. The van der Waals surface area contributed by atoms with Gasteiger partial charge in [0.25, 0.3) is 5.56 Å². The minimum atomic E-state index is -0.116. The molecular weight excluding hydrogens is 234 g/mol. The smallest absolute Gasteiger partial charge is 0.267 e. The second-order valence-corrected chi connectivity index (χ2v) is 4.28. The summed E-state index contributed by atoms with van der Waals surface area (Å²) < 4.78 is 11.9. The summed E-state index contributed by atoms with van der Waals surface area (Å²) in [6.07, 6.45) is 2.58. The number of ether oxygens (including phenoxy) is 2. The lowest BCUT2D eigenvalue weighted by Crippen LogP contribution is -2.32. The predicted octanol–water partition coefficient (Wildman–Crippen LogP) is 0.0205. The summed E-state index contributed by atoms with van der Waals surface area (Å²) in [5, 5.41) is 7.35. The largest absolute Gasteiger partial charge is 0.480 e. The van der Waals surface area contributed by atoms with Gasteiger partial charge in [0.1, 0.15) is 0 Å². The van der Waals surface area contributed by atoms with E-state index in [1.807, 2.05) is 0 Å². The van der Waals surface area contributed by atoms with Crippen LogP contribution in [0.4, 0.5) is 0 Å². The summed E-state index contributed by atoms with van der Waals surface area (Å²) >= 11 is 0. The number of hydrogen-bond donors (Lipinski definition) is 1. The Labute approximate surface area is 106 Å². The first-order valence-corrected chi connectivity index (χ1v) is 6.24. The van der Waals surface area contributed by atoms with Gasteiger partial charge in [-0.3, -0.25) is 4.79 Å². The number of rotatable bonds is 6. The number of nitrogens with one attached hydrogen (secondary N) is 1. The maximum atomic E-state index is 11.5. The van der Waals surface area contributed by atoms with Crippen LogP contribution in [0.5, 0.6) is 5.88 Å². The predicted molar refractivity (Wildman–Crippen MR) is 66.9 cm³/mol. The second-order valence-electron chi connectivity index (χ2n) is 4.28. The Balaban J connectivity index is 1.77. The fourth-order valence-corrected chi connectivity index (χ4v) is 1.95. The molecule has 2 heterocycles. The zero-order chi connectivity index (χ0) is 12.8. The van der Waals surface area contributed by atoms with Gasteiger partial charge in [0.2, 0.25) is 5.88 Å². The van der Waals surface area contributed by atoms with Gasteiger partial charge in [0.05, 0.1) is 19.8 Å². The molecule has 0 bridgehead atoms. The molecule has 1 N–H and O–H groups in total. The average molecular weight is 253 g/mol. The van der Waals surface area contributed by atoms with Crippen molar-refractivity contribution in [2.75, 3.05) is 26.8 Å². The number of aromatic nitrogens is 2. The van der Waals surface area contributed by atoms with E-state index in [2.05, 4.69) is 10.4 Å². The van der Waals surface area contributed by atoms with Crippen molar-refractivity contribution < 1.29 is 9.47 Å². The van der Waals surface area contributed by atoms with Crippen LogP contribution in [-0.4, -0.2) is 42.7 Å². The zero-order valence-corrected chi connectivity index (χ0v) is 10.6. The lowest BCUT2D eigenvalue weighted by molar-refractivity contribution is 0.110. The standard InChI is InChI=1S/C12H19N3O3/c1-17-11-4-5-12(16)15(14-11)7-6-13-9-10-3-2-8-18-10/h4-5,10,13H,2-3,6-9H2,1H3. The zero-order valence-electron chi connectivity index (χ0n) is 10.6. The van der Waals surface area contributed by atoms with Gasteiger partial charge in [-0.15, -0.1) is 5.10 Å². The van der Waals surface area contributed by atoms with E-state index < -0.39 is 0 Å². The van der Waals surface area contributed by atoms with Gasteiger partial charge < -0.3 is 14.8 Å². The first kappa shape index (κ1) is 13.0. The molecule has 100 valence electrons. The average Bonchev–Trinajstić information content (AvgIpc) is 2.89. The lowest BCUT2D eigenvalue weighted by Gasteiger charge is -2.11. The van der Waals surface area contributed by atoms with Crippen LogP contribution in [0.1, 0.15) is 12.8 Å². The molecule has 2 rings (SSSR count). The Morgan fingerprint density at radius 3 is 3.22 bits per heavy atom. The Kier molecular flexibility index (Phi) is 4.72. The molecule has 1 aromatic heterocycles. The minimum absolute atomic E-state index is 0.116.